The molecule has 3 N–H and O–H groups in total. The van der Waals surface area contributed by atoms with E-state index < -0.39 is 5.91 Å². The van der Waals surface area contributed by atoms with E-state index in [0.717, 1.165) is 18.9 Å². The Morgan fingerprint density at radius 2 is 1.52 bits per heavy atom. The smallest absolute Gasteiger partial charge is 0.255 e. The zero-order valence-electron chi connectivity index (χ0n) is 18.5. The van der Waals surface area contributed by atoms with Gasteiger partial charge in [-0.2, -0.15) is 0 Å². The molecule has 0 saturated carbocycles. The Morgan fingerprint density at radius 3 is 2.03 bits per heavy atom. The minimum absolute atomic E-state index is 0.149. The molecule has 0 aliphatic carbocycles. The Morgan fingerprint density at radius 1 is 0.939 bits per heavy atom. The molecule has 2 amide bonds. The molecule has 3 aromatic rings. The molecular weight excluding hydrogens is 420 g/mol. The van der Waals surface area contributed by atoms with Gasteiger partial charge in [0.25, 0.3) is 5.91 Å². The van der Waals surface area contributed by atoms with E-state index in [9.17, 15) is 9.59 Å². The van der Waals surface area contributed by atoms with Gasteiger partial charge >= 0.3 is 0 Å². The first-order chi connectivity index (χ1) is 15.9. The summed E-state index contributed by atoms with van der Waals surface area (Å²) in [6.45, 7) is 5.67. The second-order valence-electron chi connectivity index (χ2n) is 8.04. The van der Waals surface area contributed by atoms with Crippen molar-refractivity contribution in [2.75, 3.05) is 23.3 Å². The van der Waals surface area contributed by atoms with Crippen molar-refractivity contribution in [2.24, 2.45) is 5.73 Å². The molecule has 1 fully saturated rings. The van der Waals surface area contributed by atoms with Gasteiger partial charge in [-0.1, -0.05) is 0 Å². The van der Waals surface area contributed by atoms with Crippen LogP contribution in [0.5, 0.6) is 11.5 Å². The lowest BCUT2D eigenvalue weighted by atomic mass is 10.2. The van der Waals surface area contributed by atoms with Crippen molar-refractivity contribution < 1.29 is 19.1 Å². The molecule has 1 saturated heterocycles. The van der Waals surface area contributed by atoms with Crippen molar-refractivity contribution in [3.63, 3.8) is 0 Å². The van der Waals surface area contributed by atoms with Crippen LogP contribution in [0, 0.1) is 0 Å². The van der Waals surface area contributed by atoms with Gasteiger partial charge in [0, 0.05) is 24.2 Å². The first-order valence-corrected chi connectivity index (χ1v) is 10.7. The Kier molecular flexibility index (Phi) is 6.55. The molecule has 0 radical (unpaired) electrons. The van der Waals surface area contributed by atoms with Crippen molar-refractivity contribution in [3.05, 3.63) is 78.0 Å². The summed E-state index contributed by atoms with van der Waals surface area (Å²) < 4.78 is 11.5. The second kappa shape index (κ2) is 9.70. The van der Waals surface area contributed by atoms with Gasteiger partial charge in [0.15, 0.2) is 0 Å². The van der Waals surface area contributed by atoms with Gasteiger partial charge in [-0.05, 0) is 74.5 Å². The fourth-order valence-electron chi connectivity index (χ4n) is 3.71. The molecule has 1 aromatic heterocycles. The highest BCUT2D eigenvalue weighted by atomic mass is 16.5. The van der Waals surface area contributed by atoms with Gasteiger partial charge in [0.1, 0.15) is 17.3 Å². The summed E-state index contributed by atoms with van der Waals surface area (Å²) in [6, 6.07) is 17.0. The number of nitrogens with two attached hydrogens (primary N) is 1. The average Bonchev–Trinajstić information content (AvgIpc) is 2.80. The van der Waals surface area contributed by atoms with Crippen LogP contribution in [0.3, 0.4) is 0 Å². The summed E-state index contributed by atoms with van der Waals surface area (Å²) in [6.07, 6.45) is 1.96. The molecular formula is C25H26N4O4. The fourth-order valence-corrected chi connectivity index (χ4v) is 3.71. The van der Waals surface area contributed by atoms with E-state index in [-0.39, 0.29) is 18.1 Å². The highest BCUT2D eigenvalue weighted by Crippen LogP contribution is 2.23. The van der Waals surface area contributed by atoms with Gasteiger partial charge in [0.05, 0.1) is 24.1 Å². The third-order valence-electron chi connectivity index (χ3n) is 5.24. The molecule has 8 heteroatoms. The summed E-state index contributed by atoms with van der Waals surface area (Å²) in [7, 11) is 0. The van der Waals surface area contributed by atoms with Crippen LogP contribution in [-0.4, -0.2) is 42.1 Å². The van der Waals surface area contributed by atoms with Crippen molar-refractivity contribution in [1.29, 1.82) is 0 Å². The normalized spacial score (nSPS) is 17.9. The predicted molar refractivity (Wildman–Crippen MR) is 126 cm³/mol. The van der Waals surface area contributed by atoms with E-state index in [1.54, 1.807) is 54.7 Å². The van der Waals surface area contributed by atoms with Crippen LogP contribution >= 0.6 is 0 Å². The van der Waals surface area contributed by atoms with Crippen LogP contribution in [0.4, 0.5) is 11.5 Å². The molecule has 4 rings (SSSR count). The number of rotatable bonds is 6. The Bertz CT molecular complexity index is 1100. The van der Waals surface area contributed by atoms with Crippen molar-refractivity contribution in [3.8, 4) is 11.5 Å². The van der Waals surface area contributed by atoms with Gasteiger partial charge in [-0.3, -0.25) is 9.59 Å². The number of pyridine rings is 1. The van der Waals surface area contributed by atoms with E-state index in [1.165, 1.54) is 0 Å². The summed E-state index contributed by atoms with van der Waals surface area (Å²) in [5.41, 5.74) is 6.76. The topological polar surface area (TPSA) is 107 Å². The van der Waals surface area contributed by atoms with Gasteiger partial charge in [-0.15, -0.1) is 0 Å². The second-order valence-corrected chi connectivity index (χ2v) is 8.04. The number of hydrogen-bond donors (Lipinski definition) is 2. The summed E-state index contributed by atoms with van der Waals surface area (Å²) in [5.74, 6) is 1.26. The third kappa shape index (κ3) is 5.67. The highest BCUT2D eigenvalue weighted by molar-refractivity contribution is 6.04. The SMILES string of the molecule is CC1CN(c2ccc(NC(=O)c3ccc(Oc4ccc(C(N)=O)cc4)cc3)cn2)CC(C)O1. The molecule has 170 valence electrons. The Balaban J connectivity index is 1.35. The number of morpholine rings is 1. The number of anilines is 2. The molecule has 1 aliphatic heterocycles. The lowest BCUT2D eigenvalue weighted by Crippen LogP contribution is -2.45. The molecule has 2 aromatic carbocycles. The number of amides is 2. The Labute approximate surface area is 192 Å². The van der Waals surface area contributed by atoms with Crippen molar-refractivity contribution in [1.82, 2.24) is 4.98 Å². The first-order valence-electron chi connectivity index (χ1n) is 10.7. The van der Waals surface area contributed by atoms with Crippen LogP contribution in [0.25, 0.3) is 0 Å². The fraction of sp³-hybridized carbons (Fsp3) is 0.240. The number of primary amides is 1. The summed E-state index contributed by atoms with van der Waals surface area (Å²) >= 11 is 0. The zero-order chi connectivity index (χ0) is 23.4. The molecule has 8 nitrogen and oxygen atoms in total. The number of nitrogens with zero attached hydrogens (tertiary/aromatic N) is 2. The van der Waals surface area contributed by atoms with Gasteiger partial charge in [-0.25, -0.2) is 4.98 Å². The molecule has 1 aliphatic rings. The maximum Gasteiger partial charge on any atom is 0.255 e. The third-order valence-corrected chi connectivity index (χ3v) is 5.24. The van der Waals surface area contributed by atoms with E-state index >= 15 is 0 Å². The maximum absolute atomic E-state index is 12.6. The number of carbonyl (C=O) groups is 2. The predicted octanol–water partition coefficient (Wildman–Crippen LogP) is 3.84. The minimum Gasteiger partial charge on any atom is -0.457 e. The number of hydrogen-bond acceptors (Lipinski definition) is 6. The molecule has 33 heavy (non-hydrogen) atoms. The molecule has 0 bridgehead atoms. The quantitative estimate of drug-likeness (QED) is 0.596. The van der Waals surface area contributed by atoms with Crippen molar-refractivity contribution in [2.45, 2.75) is 26.1 Å². The van der Waals surface area contributed by atoms with Gasteiger partial charge < -0.3 is 25.4 Å². The van der Waals surface area contributed by atoms with Crippen LogP contribution < -0.4 is 20.7 Å². The molecule has 2 atom stereocenters. The van der Waals surface area contributed by atoms with Crippen molar-refractivity contribution >= 4 is 23.3 Å². The van der Waals surface area contributed by atoms with Crippen LogP contribution in [0.2, 0.25) is 0 Å². The standard InChI is InChI=1S/C25H26N4O4/c1-16-14-29(15-17(2)32-16)23-12-7-20(13-27-23)28-25(31)19-5-10-22(11-6-19)33-21-8-3-18(4-9-21)24(26)30/h3-13,16-17H,14-15H2,1-2H3,(H2,26,30)(H,28,31). The van der Waals surface area contributed by atoms with Crippen LogP contribution in [-0.2, 0) is 4.74 Å². The average molecular weight is 447 g/mol. The van der Waals surface area contributed by atoms with Crippen LogP contribution in [0.15, 0.2) is 66.9 Å². The number of benzene rings is 2. The van der Waals surface area contributed by atoms with Gasteiger partial charge in [0.2, 0.25) is 5.91 Å². The molecule has 0 spiro atoms. The lowest BCUT2D eigenvalue weighted by Gasteiger charge is -2.36. The number of aromatic nitrogens is 1. The minimum atomic E-state index is -0.493. The monoisotopic (exact) mass is 446 g/mol. The largest absolute Gasteiger partial charge is 0.457 e. The number of nitrogens with one attached hydrogen (secondary N) is 1. The number of ether oxygens (including phenoxy) is 2. The molecule has 2 unspecified atom stereocenters. The zero-order valence-corrected chi connectivity index (χ0v) is 18.5. The number of carbonyl (C=O) groups excluding carboxylic acids is 2. The van der Waals surface area contributed by atoms with E-state index in [0.29, 0.717) is 28.3 Å². The maximum atomic E-state index is 12.6. The Hall–Kier alpha value is -3.91. The highest BCUT2D eigenvalue weighted by Gasteiger charge is 2.23. The van der Waals surface area contributed by atoms with Crippen LogP contribution in [0.1, 0.15) is 34.6 Å². The first kappa shape index (κ1) is 22.3. The summed E-state index contributed by atoms with van der Waals surface area (Å²) in [4.78, 5) is 30.4. The summed E-state index contributed by atoms with van der Waals surface area (Å²) in [5, 5.41) is 2.86. The molecule has 2 heterocycles. The lowest BCUT2D eigenvalue weighted by molar-refractivity contribution is -0.00545. The van der Waals surface area contributed by atoms with E-state index in [1.807, 2.05) is 26.0 Å². The van der Waals surface area contributed by atoms with E-state index in [4.69, 9.17) is 15.2 Å². The van der Waals surface area contributed by atoms with E-state index in [2.05, 4.69) is 15.2 Å².